The molecule has 0 saturated heterocycles. The van der Waals surface area contributed by atoms with E-state index in [0.29, 0.717) is 11.3 Å². The van der Waals surface area contributed by atoms with Crippen molar-refractivity contribution < 1.29 is 17.6 Å². The van der Waals surface area contributed by atoms with E-state index in [1.807, 2.05) is 6.07 Å². The Kier molecular flexibility index (Phi) is 6.44. The lowest BCUT2D eigenvalue weighted by Gasteiger charge is -2.07. The molecule has 0 aliphatic heterocycles. The standard InChI is InChI=1S/C18H19FN2O3S/c1-14-7-8-16(13-17(14)19)21-18(22)9-11-20-25(23,24)12-10-15-5-3-2-4-6-15/h2-8,10,12-13,20H,9,11H2,1H3,(H,21,22)/b12-10+. The topological polar surface area (TPSA) is 75.3 Å². The molecule has 2 rings (SSSR count). The fraction of sp³-hybridized carbons (Fsp3) is 0.167. The van der Waals surface area contributed by atoms with Gasteiger partial charge in [-0.25, -0.2) is 17.5 Å². The monoisotopic (exact) mass is 362 g/mol. The predicted octanol–water partition coefficient (Wildman–Crippen LogP) is 3.05. The second-order valence-corrected chi connectivity index (χ2v) is 7.07. The maximum atomic E-state index is 13.4. The number of benzene rings is 2. The van der Waals surface area contributed by atoms with Gasteiger partial charge in [0.25, 0.3) is 0 Å². The minimum atomic E-state index is -3.63. The highest BCUT2D eigenvalue weighted by Gasteiger charge is 2.08. The number of amides is 1. The van der Waals surface area contributed by atoms with E-state index < -0.39 is 21.7 Å². The Morgan fingerprint density at radius 1 is 1.16 bits per heavy atom. The van der Waals surface area contributed by atoms with Crippen molar-refractivity contribution in [2.45, 2.75) is 13.3 Å². The van der Waals surface area contributed by atoms with Gasteiger partial charge in [0.2, 0.25) is 15.9 Å². The number of anilines is 1. The van der Waals surface area contributed by atoms with E-state index in [2.05, 4.69) is 10.0 Å². The Hall–Kier alpha value is -2.51. The van der Waals surface area contributed by atoms with Gasteiger partial charge >= 0.3 is 0 Å². The fourth-order valence-corrected chi connectivity index (χ4v) is 2.80. The van der Waals surface area contributed by atoms with Crippen molar-refractivity contribution in [2.75, 3.05) is 11.9 Å². The summed E-state index contributed by atoms with van der Waals surface area (Å²) in [5.74, 6) is -0.817. The molecule has 7 heteroatoms. The highest BCUT2D eigenvalue weighted by atomic mass is 32.2. The molecule has 132 valence electrons. The van der Waals surface area contributed by atoms with E-state index in [0.717, 1.165) is 11.0 Å². The first-order valence-electron chi connectivity index (χ1n) is 7.64. The van der Waals surface area contributed by atoms with E-state index >= 15 is 0 Å². The highest BCUT2D eigenvalue weighted by Crippen LogP contribution is 2.13. The first-order chi connectivity index (χ1) is 11.9. The van der Waals surface area contributed by atoms with Crippen LogP contribution in [0.4, 0.5) is 10.1 Å². The van der Waals surface area contributed by atoms with Crippen LogP contribution in [0.1, 0.15) is 17.5 Å². The Balaban J connectivity index is 1.81. The molecular formula is C18H19FN2O3S. The Morgan fingerprint density at radius 3 is 2.56 bits per heavy atom. The summed E-state index contributed by atoms with van der Waals surface area (Å²) in [6.07, 6.45) is 1.41. The Bertz CT molecular complexity index is 865. The number of sulfonamides is 1. The predicted molar refractivity (Wildman–Crippen MR) is 96.8 cm³/mol. The third-order valence-corrected chi connectivity index (χ3v) is 4.45. The number of rotatable bonds is 7. The molecule has 0 fully saturated rings. The zero-order valence-corrected chi connectivity index (χ0v) is 14.5. The van der Waals surface area contributed by atoms with Gasteiger partial charge in [-0.05, 0) is 36.3 Å². The summed E-state index contributed by atoms with van der Waals surface area (Å²) in [6, 6.07) is 13.4. The number of hydrogen-bond acceptors (Lipinski definition) is 3. The molecule has 0 bridgehead atoms. The summed E-state index contributed by atoms with van der Waals surface area (Å²) >= 11 is 0. The van der Waals surface area contributed by atoms with Gasteiger partial charge < -0.3 is 5.32 Å². The second-order valence-electron chi connectivity index (χ2n) is 5.41. The molecule has 0 unspecified atom stereocenters. The average molecular weight is 362 g/mol. The SMILES string of the molecule is Cc1ccc(NC(=O)CCNS(=O)(=O)/C=C/c2ccccc2)cc1F. The van der Waals surface area contributed by atoms with Crippen LogP contribution < -0.4 is 10.0 Å². The number of hydrogen-bond donors (Lipinski definition) is 2. The molecule has 0 saturated carbocycles. The molecule has 2 aromatic carbocycles. The zero-order valence-electron chi connectivity index (χ0n) is 13.7. The lowest BCUT2D eigenvalue weighted by atomic mass is 10.2. The molecule has 2 N–H and O–H groups in total. The van der Waals surface area contributed by atoms with Gasteiger partial charge in [0.1, 0.15) is 5.82 Å². The number of aryl methyl sites for hydroxylation is 1. The van der Waals surface area contributed by atoms with Crippen molar-refractivity contribution in [1.29, 1.82) is 0 Å². The number of halogens is 1. The van der Waals surface area contributed by atoms with E-state index in [4.69, 9.17) is 0 Å². The molecule has 0 radical (unpaired) electrons. The summed E-state index contributed by atoms with van der Waals surface area (Å²) in [6.45, 7) is 1.57. The normalized spacial score (nSPS) is 11.6. The first-order valence-corrected chi connectivity index (χ1v) is 9.19. The van der Waals surface area contributed by atoms with Crippen LogP contribution in [-0.4, -0.2) is 20.9 Å². The molecule has 2 aromatic rings. The lowest BCUT2D eigenvalue weighted by Crippen LogP contribution is -2.26. The minimum Gasteiger partial charge on any atom is -0.326 e. The van der Waals surface area contributed by atoms with Crippen LogP contribution in [0, 0.1) is 12.7 Å². The highest BCUT2D eigenvalue weighted by molar-refractivity contribution is 7.92. The van der Waals surface area contributed by atoms with Crippen LogP contribution >= 0.6 is 0 Å². The van der Waals surface area contributed by atoms with Gasteiger partial charge in [-0.3, -0.25) is 4.79 Å². The summed E-state index contributed by atoms with van der Waals surface area (Å²) in [4.78, 5) is 11.8. The molecule has 0 aromatic heterocycles. The van der Waals surface area contributed by atoms with Crippen LogP contribution in [0.3, 0.4) is 0 Å². The van der Waals surface area contributed by atoms with Crippen LogP contribution in [0.5, 0.6) is 0 Å². The molecule has 0 atom stereocenters. The summed E-state index contributed by atoms with van der Waals surface area (Å²) in [5, 5.41) is 3.57. The smallest absolute Gasteiger partial charge is 0.233 e. The van der Waals surface area contributed by atoms with E-state index in [1.54, 1.807) is 43.3 Å². The third-order valence-electron chi connectivity index (χ3n) is 3.35. The Morgan fingerprint density at radius 2 is 1.88 bits per heavy atom. The maximum Gasteiger partial charge on any atom is 0.233 e. The van der Waals surface area contributed by atoms with Gasteiger partial charge in [-0.1, -0.05) is 36.4 Å². The largest absolute Gasteiger partial charge is 0.326 e. The van der Waals surface area contributed by atoms with Crippen LogP contribution in [0.15, 0.2) is 53.9 Å². The van der Waals surface area contributed by atoms with Gasteiger partial charge in [0, 0.05) is 24.1 Å². The van der Waals surface area contributed by atoms with E-state index in [-0.39, 0.29) is 13.0 Å². The van der Waals surface area contributed by atoms with Crippen molar-refractivity contribution in [2.24, 2.45) is 0 Å². The number of carbonyl (C=O) groups is 1. The summed E-state index contributed by atoms with van der Waals surface area (Å²) in [5.41, 5.74) is 1.57. The molecule has 1 amide bonds. The lowest BCUT2D eigenvalue weighted by molar-refractivity contribution is -0.116. The first kappa shape index (κ1) is 18.8. The van der Waals surface area contributed by atoms with Crippen molar-refractivity contribution >= 4 is 27.7 Å². The number of nitrogens with one attached hydrogen (secondary N) is 2. The third kappa shape index (κ3) is 6.48. The molecular weight excluding hydrogens is 343 g/mol. The molecule has 0 aliphatic carbocycles. The molecule has 0 spiro atoms. The van der Waals surface area contributed by atoms with Crippen LogP contribution in [0.25, 0.3) is 6.08 Å². The van der Waals surface area contributed by atoms with E-state index in [1.165, 1.54) is 12.1 Å². The average Bonchev–Trinajstić information content (AvgIpc) is 2.57. The molecule has 5 nitrogen and oxygen atoms in total. The number of carbonyl (C=O) groups excluding carboxylic acids is 1. The molecule has 0 heterocycles. The minimum absolute atomic E-state index is 0.0539. The van der Waals surface area contributed by atoms with Crippen molar-refractivity contribution in [3.63, 3.8) is 0 Å². The van der Waals surface area contributed by atoms with Gasteiger partial charge in [0.05, 0.1) is 0 Å². The maximum absolute atomic E-state index is 13.4. The quantitative estimate of drug-likeness (QED) is 0.795. The van der Waals surface area contributed by atoms with Gasteiger partial charge in [-0.15, -0.1) is 0 Å². The van der Waals surface area contributed by atoms with Gasteiger partial charge in [-0.2, -0.15) is 0 Å². The second kappa shape index (κ2) is 8.55. The Labute approximate surface area is 146 Å². The van der Waals surface area contributed by atoms with Gasteiger partial charge in [0.15, 0.2) is 0 Å². The van der Waals surface area contributed by atoms with E-state index in [9.17, 15) is 17.6 Å². The van der Waals surface area contributed by atoms with Crippen LogP contribution in [0.2, 0.25) is 0 Å². The molecule has 25 heavy (non-hydrogen) atoms. The summed E-state index contributed by atoms with van der Waals surface area (Å²) < 4.78 is 39.4. The van der Waals surface area contributed by atoms with Crippen molar-refractivity contribution in [1.82, 2.24) is 4.72 Å². The summed E-state index contributed by atoms with van der Waals surface area (Å²) in [7, 11) is -3.63. The van der Waals surface area contributed by atoms with Crippen molar-refractivity contribution in [3.05, 3.63) is 70.9 Å². The van der Waals surface area contributed by atoms with Crippen molar-refractivity contribution in [3.8, 4) is 0 Å². The molecule has 0 aliphatic rings. The zero-order chi connectivity index (χ0) is 18.3. The fourth-order valence-electron chi connectivity index (χ4n) is 1.98. The van der Waals surface area contributed by atoms with Crippen LogP contribution in [-0.2, 0) is 14.8 Å².